The maximum absolute atomic E-state index is 12.9. The van der Waals surface area contributed by atoms with Gasteiger partial charge in [0.25, 0.3) is 6.17 Å². The maximum atomic E-state index is 12.9. The van der Waals surface area contributed by atoms with Crippen LogP contribution in [0, 0.1) is 5.21 Å². The second kappa shape index (κ2) is 6.34. The molecule has 0 aliphatic carbocycles. The molecule has 0 N–H and O–H groups in total. The third-order valence-corrected chi connectivity index (χ3v) is 5.32. The van der Waals surface area contributed by atoms with E-state index in [1.165, 1.54) is 0 Å². The largest absolute Gasteiger partial charge is 0.622 e. The first-order chi connectivity index (χ1) is 11.0. The lowest BCUT2D eigenvalue weighted by Gasteiger charge is -2.29. The molecule has 0 unspecified atom stereocenters. The molecule has 0 amide bonds. The van der Waals surface area contributed by atoms with Gasteiger partial charge in [-0.25, -0.2) is 0 Å². The van der Waals surface area contributed by atoms with Crippen LogP contribution in [-0.2, 0) is 0 Å². The van der Waals surface area contributed by atoms with E-state index in [9.17, 15) is 5.21 Å². The number of anilines is 1. The van der Waals surface area contributed by atoms with Crippen molar-refractivity contribution in [3.63, 3.8) is 0 Å². The van der Waals surface area contributed by atoms with Gasteiger partial charge >= 0.3 is 0 Å². The number of nitrogens with zero attached hydrogens (tertiary/aromatic N) is 2. The number of hydroxylamine groups is 1. The molecule has 0 bridgehead atoms. The Morgan fingerprint density at radius 3 is 2.26 bits per heavy atom. The molecular weight excluding hydrogens is 324 g/mol. The van der Waals surface area contributed by atoms with E-state index in [1.54, 1.807) is 18.0 Å². The van der Waals surface area contributed by atoms with Gasteiger partial charge < -0.3 is 5.21 Å². The number of thiocarbonyl (C=S) groups is 1. The highest BCUT2D eigenvalue weighted by atomic mass is 32.2. The molecule has 1 heterocycles. The monoisotopic (exact) mass is 342 g/mol. The zero-order chi connectivity index (χ0) is 16.4. The molecule has 23 heavy (non-hydrogen) atoms. The SMILES string of the molecule is CC1(C)SC(=S)N(c2ccccc2)[C@H]1/[N+]([O-])=C/c1ccccc1. The minimum atomic E-state index is -0.386. The summed E-state index contributed by atoms with van der Waals surface area (Å²) in [7, 11) is 0. The highest BCUT2D eigenvalue weighted by molar-refractivity contribution is 8.24. The Bertz CT molecular complexity index is 729. The fourth-order valence-electron chi connectivity index (χ4n) is 2.75. The van der Waals surface area contributed by atoms with Crippen LogP contribution < -0.4 is 4.90 Å². The van der Waals surface area contributed by atoms with Crippen LogP contribution in [-0.4, -0.2) is 26.2 Å². The summed E-state index contributed by atoms with van der Waals surface area (Å²) in [6, 6.07) is 19.5. The number of hydrogen-bond donors (Lipinski definition) is 0. The van der Waals surface area contributed by atoms with E-state index in [2.05, 4.69) is 13.8 Å². The summed E-state index contributed by atoms with van der Waals surface area (Å²) in [4.78, 5) is 1.95. The quantitative estimate of drug-likeness (QED) is 0.274. The Hall–Kier alpha value is -1.85. The smallest absolute Gasteiger partial charge is 0.258 e. The van der Waals surface area contributed by atoms with Gasteiger partial charge in [-0.2, -0.15) is 4.74 Å². The first kappa shape index (κ1) is 16.0. The van der Waals surface area contributed by atoms with Gasteiger partial charge in [-0.15, -0.1) is 0 Å². The lowest BCUT2D eigenvalue weighted by molar-refractivity contribution is -0.497. The predicted molar refractivity (Wildman–Crippen MR) is 102 cm³/mol. The Morgan fingerprint density at radius 2 is 1.65 bits per heavy atom. The van der Waals surface area contributed by atoms with Crippen LogP contribution in [0.1, 0.15) is 19.4 Å². The normalized spacial score (nSPS) is 20.8. The summed E-state index contributed by atoms with van der Waals surface area (Å²) in [6.45, 7) is 4.11. The molecule has 1 aliphatic rings. The highest BCUT2D eigenvalue weighted by Crippen LogP contribution is 2.43. The second-order valence-corrected chi connectivity index (χ2v) is 8.24. The van der Waals surface area contributed by atoms with E-state index in [0.717, 1.165) is 20.3 Å². The Labute approximate surface area is 146 Å². The molecule has 118 valence electrons. The molecule has 0 aromatic heterocycles. The van der Waals surface area contributed by atoms with Crippen molar-refractivity contribution >= 4 is 40.2 Å². The highest BCUT2D eigenvalue weighted by Gasteiger charge is 2.51. The van der Waals surface area contributed by atoms with Crippen molar-refractivity contribution in [2.45, 2.75) is 24.8 Å². The number of hydrogen-bond acceptors (Lipinski definition) is 3. The van der Waals surface area contributed by atoms with Gasteiger partial charge in [-0.3, -0.25) is 4.90 Å². The molecule has 1 saturated heterocycles. The molecule has 1 aliphatic heterocycles. The number of thioether (sulfide) groups is 1. The number of para-hydroxylation sites is 1. The first-order valence-electron chi connectivity index (χ1n) is 7.42. The summed E-state index contributed by atoms with van der Waals surface area (Å²) in [5.41, 5.74) is 1.83. The zero-order valence-corrected chi connectivity index (χ0v) is 14.7. The zero-order valence-electron chi connectivity index (χ0n) is 13.0. The van der Waals surface area contributed by atoms with Crippen molar-refractivity contribution in [1.29, 1.82) is 0 Å². The fraction of sp³-hybridized carbons (Fsp3) is 0.222. The molecule has 3 nitrogen and oxygen atoms in total. The lowest BCUT2D eigenvalue weighted by Crippen LogP contribution is -2.48. The molecule has 0 radical (unpaired) electrons. The number of rotatable bonds is 3. The average molecular weight is 342 g/mol. The average Bonchev–Trinajstić information content (AvgIpc) is 2.78. The van der Waals surface area contributed by atoms with Crippen LogP contribution in [0.3, 0.4) is 0 Å². The molecule has 1 fully saturated rings. The van der Waals surface area contributed by atoms with Gasteiger partial charge in [0.1, 0.15) is 9.07 Å². The van der Waals surface area contributed by atoms with Crippen LogP contribution in [0.4, 0.5) is 5.69 Å². The predicted octanol–water partition coefficient (Wildman–Crippen LogP) is 4.26. The molecule has 3 rings (SSSR count). The van der Waals surface area contributed by atoms with Gasteiger partial charge in [0.15, 0.2) is 6.21 Å². The van der Waals surface area contributed by atoms with E-state index in [-0.39, 0.29) is 10.9 Å². The summed E-state index contributed by atoms with van der Waals surface area (Å²) in [5, 5.41) is 12.9. The molecule has 0 spiro atoms. The van der Waals surface area contributed by atoms with E-state index >= 15 is 0 Å². The standard InChI is InChI=1S/C18H18N2OS2/c1-18(2)16(19(21)13-14-9-5-3-6-10-14)20(17(22)23-18)15-11-7-4-8-12-15/h3-13,16H,1-2H3/b19-13-/t16-/m1/s1. The summed E-state index contributed by atoms with van der Waals surface area (Å²) >= 11 is 7.11. The second-order valence-electron chi connectivity index (χ2n) is 5.95. The van der Waals surface area contributed by atoms with E-state index in [4.69, 9.17) is 12.2 Å². The summed E-state index contributed by atoms with van der Waals surface area (Å²) in [6.07, 6.45) is 1.25. The van der Waals surface area contributed by atoms with E-state index in [0.29, 0.717) is 0 Å². The Kier molecular flexibility index (Phi) is 4.41. The van der Waals surface area contributed by atoms with Gasteiger partial charge in [-0.1, -0.05) is 60.4 Å². The summed E-state index contributed by atoms with van der Waals surface area (Å²) in [5.74, 6) is 0. The van der Waals surface area contributed by atoms with Crippen molar-refractivity contribution in [3.8, 4) is 0 Å². The van der Waals surface area contributed by atoms with Crippen molar-refractivity contribution in [2.75, 3.05) is 4.90 Å². The minimum Gasteiger partial charge on any atom is -0.622 e. The molecule has 1 atom stereocenters. The topological polar surface area (TPSA) is 29.3 Å². The van der Waals surface area contributed by atoms with Crippen LogP contribution in [0.2, 0.25) is 0 Å². The van der Waals surface area contributed by atoms with E-state index < -0.39 is 0 Å². The van der Waals surface area contributed by atoms with Crippen molar-refractivity contribution in [1.82, 2.24) is 0 Å². The van der Waals surface area contributed by atoms with Gasteiger partial charge in [0.05, 0.1) is 0 Å². The van der Waals surface area contributed by atoms with Crippen LogP contribution >= 0.6 is 24.0 Å². The number of benzene rings is 2. The van der Waals surface area contributed by atoms with E-state index in [1.807, 2.05) is 65.6 Å². The van der Waals surface area contributed by atoms with Crippen LogP contribution in [0.25, 0.3) is 0 Å². The third-order valence-electron chi connectivity index (χ3n) is 3.76. The van der Waals surface area contributed by atoms with Crippen molar-refractivity contribution in [2.24, 2.45) is 0 Å². The molecular formula is C18H18N2OS2. The molecule has 5 heteroatoms. The van der Waals surface area contributed by atoms with Gasteiger partial charge in [0, 0.05) is 11.3 Å². The maximum Gasteiger partial charge on any atom is 0.258 e. The molecule has 2 aromatic carbocycles. The van der Waals surface area contributed by atoms with Crippen LogP contribution in [0.5, 0.6) is 0 Å². The fourth-order valence-corrected chi connectivity index (χ4v) is 4.67. The van der Waals surface area contributed by atoms with Crippen LogP contribution in [0.15, 0.2) is 60.7 Å². The van der Waals surface area contributed by atoms with Gasteiger partial charge in [-0.05, 0) is 38.1 Å². The molecule has 0 saturated carbocycles. The Morgan fingerprint density at radius 1 is 1.09 bits per heavy atom. The van der Waals surface area contributed by atoms with Crippen molar-refractivity contribution in [3.05, 3.63) is 71.4 Å². The summed E-state index contributed by atoms with van der Waals surface area (Å²) < 4.78 is 1.45. The minimum absolute atomic E-state index is 0.306. The Balaban J connectivity index is 2.02. The lowest BCUT2D eigenvalue weighted by atomic mass is 10.1. The third kappa shape index (κ3) is 3.26. The first-order valence-corrected chi connectivity index (χ1v) is 8.64. The van der Waals surface area contributed by atoms with Gasteiger partial charge in [0.2, 0.25) is 0 Å². The van der Waals surface area contributed by atoms with Crippen molar-refractivity contribution < 1.29 is 4.74 Å². The molecule has 2 aromatic rings.